The quantitative estimate of drug-likeness (QED) is 0.346. The summed E-state index contributed by atoms with van der Waals surface area (Å²) in [5, 5.41) is 4.67. The summed E-state index contributed by atoms with van der Waals surface area (Å²) in [6, 6.07) is 10.1. The summed E-state index contributed by atoms with van der Waals surface area (Å²) >= 11 is 11.8. The molecule has 2 rings (SSSR count). The molecule has 0 spiro atoms. The van der Waals surface area contributed by atoms with Crippen LogP contribution in [0.1, 0.15) is 42.1 Å². The predicted octanol–water partition coefficient (Wildman–Crippen LogP) is 5.33. The molecule has 7 heteroatoms. The van der Waals surface area contributed by atoms with Gasteiger partial charge in [0.05, 0.1) is 30.0 Å². The maximum Gasteiger partial charge on any atom is 0.271 e. The van der Waals surface area contributed by atoms with E-state index in [1.54, 1.807) is 25.3 Å². The number of amides is 1. The number of rotatable bonds is 9. The molecule has 2 aromatic carbocycles. The van der Waals surface area contributed by atoms with Crippen molar-refractivity contribution in [1.29, 1.82) is 0 Å². The molecule has 1 amide bonds. The molecule has 0 saturated heterocycles. The highest BCUT2D eigenvalue weighted by Crippen LogP contribution is 2.28. The predicted molar refractivity (Wildman–Crippen MR) is 110 cm³/mol. The summed E-state index contributed by atoms with van der Waals surface area (Å²) in [5.41, 5.74) is 3.59. The Hall–Kier alpha value is -2.24. The minimum absolute atomic E-state index is 0.313. The molecule has 0 heterocycles. The van der Waals surface area contributed by atoms with E-state index in [1.165, 1.54) is 12.3 Å². The summed E-state index contributed by atoms with van der Waals surface area (Å²) in [4.78, 5) is 12.1. The molecule has 0 aromatic heterocycles. The molecule has 0 radical (unpaired) electrons. The molecule has 2 aromatic rings. The molecule has 0 aliphatic carbocycles. The molecule has 5 nitrogen and oxygen atoms in total. The van der Waals surface area contributed by atoms with Gasteiger partial charge in [-0.1, -0.05) is 43.0 Å². The SMILES string of the molecule is CCCCCOc1ccc(/C=N/NC(=O)c2ccc(Cl)c(Cl)c2)cc1OC. The van der Waals surface area contributed by atoms with Crippen LogP contribution in [0.4, 0.5) is 0 Å². The van der Waals surface area contributed by atoms with Crippen LogP contribution < -0.4 is 14.9 Å². The van der Waals surface area contributed by atoms with Gasteiger partial charge in [0.15, 0.2) is 11.5 Å². The van der Waals surface area contributed by atoms with Crippen LogP contribution >= 0.6 is 23.2 Å². The van der Waals surface area contributed by atoms with Crippen molar-refractivity contribution in [3.63, 3.8) is 0 Å². The van der Waals surface area contributed by atoms with Crippen molar-refractivity contribution in [2.75, 3.05) is 13.7 Å². The maximum absolute atomic E-state index is 12.1. The Morgan fingerprint density at radius 1 is 1.11 bits per heavy atom. The first kappa shape index (κ1) is 21.1. The van der Waals surface area contributed by atoms with Crippen molar-refractivity contribution in [3.8, 4) is 11.5 Å². The van der Waals surface area contributed by atoms with Gasteiger partial charge in [-0.2, -0.15) is 5.10 Å². The highest BCUT2D eigenvalue weighted by atomic mass is 35.5. The zero-order valence-electron chi connectivity index (χ0n) is 15.3. The first-order valence-electron chi connectivity index (χ1n) is 8.64. The molecule has 0 saturated carbocycles. The van der Waals surface area contributed by atoms with Gasteiger partial charge < -0.3 is 9.47 Å². The Labute approximate surface area is 169 Å². The number of carbonyl (C=O) groups is 1. The largest absolute Gasteiger partial charge is 0.493 e. The Morgan fingerprint density at radius 3 is 2.63 bits per heavy atom. The smallest absolute Gasteiger partial charge is 0.271 e. The molecule has 0 aliphatic rings. The zero-order chi connectivity index (χ0) is 19.6. The van der Waals surface area contributed by atoms with Crippen LogP contribution in [0.5, 0.6) is 11.5 Å². The first-order valence-corrected chi connectivity index (χ1v) is 9.40. The van der Waals surface area contributed by atoms with Gasteiger partial charge in [-0.05, 0) is 48.4 Å². The van der Waals surface area contributed by atoms with Crippen molar-refractivity contribution < 1.29 is 14.3 Å². The number of ether oxygens (including phenoxy) is 2. The Balaban J connectivity index is 1.97. The lowest BCUT2D eigenvalue weighted by atomic mass is 10.2. The van der Waals surface area contributed by atoms with Crippen LogP contribution in [-0.4, -0.2) is 25.8 Å². The van der Waals surface area contributed by atoms with Gasteiger partial charge in [0.25, 0.3) is 5.91 Å². The molecule has 0 unspecified atom stereocenters. The second-order valence-corrected chi connectivity index (χ2v) is 6.61. The number of halogens is 2. The number of benzene rings is 2. The topological polar surface area (TPSA) is 59.9 Å². The lowest BCUT2D eigenvalue weighted by Gasteiger charge is -2.11. The third-order valence-electron chi connectivity index (χ3n) is 3.75. The fourth-order valence-corrected chi connectivity index (χ4v) is 2.58. The van der Waals surface area contributed by atoms with E-state index in [9.17, 15) is 4.79 Å². The molecule has 0 aliphatic heterocycles. The number of carbonyl (C=O) groups excluding carboxylic acids is 1. The van der Waals surface area contributed by atoms with Crippen LogP contribution in [-0.2, 0) is 0 Å². The number of unbranched alkanes of at least 4 members (excludes halogenated alkanes) is 2. The van der Waals surface area contributed by atoms with Gasteiger partial charge in [0, 0.05) is 5.56 Å². The van der Waals surface area contributed by atoms with E-state index in [1.807, 2.05) is 12.1 Å². The third-order valence-corrected chi connectivity index (χ3v) is 4.49. The normalized spacial score (nSPS) is 10.8. The molecule has 0 fully saturated rings. The molecule has 27 heavy (non-hydrogen) atoms. The average molecular weight is 409 g/mol. The summed E-state index contributed by atoms with van der Waals surface area (Å²) in [6.07, 6.45) is 4.80. The zero-order valence-corrected chi connectivity index (χ0v) is 16.8. The monoisotopic (exact) mass is 408 g/mol. The molecule has 0 atom stereocenters. The molecular formula is C20H22Cl2N2O3. The number of nitrogens with one attached hydrogen (secondary N) is 1. The van der Waals surface area contributed by atoms with E-state index in [2.05, 4.69) is 17.5 Å². The van der Waals surface area contributed by atoms with Gasteiger partial charge in [-0.3, -0.25) is 4.79 Å². The number of nitrogens with zero attached hydrogens (tertiary/aromatic N) is 1. The van der Waals surface area contributed by atoms with E-state index in [4.69, 9.17) is 32.7 Å². The minimum atomic E-state index is -0.382. The number of hydrazone groups is 1. The minimum Gasteiger partial charge on any atom is -0.493 e. The molecule has 1 N–H and O–H groups in total. The fourth-order valence-electron chi connectivity index (χ4n) is 2.29. The van der Waals surface area contributed by atoms with E-state index >= 15 is 0 Å². The van der Waals surface area contributed by atoms with Crippen LogP contribution in [0.15, 0.2) is 41.5 Å². The van der Waals surface area contributed by atoms with E-state index in [-0.39, 0.29) is 5.91 Å². The highest BCUT2D eigenvalue weighted by Gasteiger charge is 2.08. The molecule has 0 bridgehead atoms. The Morgan fingerprint density at radius 2 is 1.93 bits per heavy atom. The standard InChI is InChI=1S/C20H22Cl2N2O3/c1-3-4-5-10-27-18-9-6-14(11-19(18)26-2)13-23-24-20(25)15-7-8-16(21)17(22)12-15/h6-9,11-13H,3-5,10H2,1-2H3,(H,24,25)/b23-13+. The summed E-state index contributed by atoms with van der Waals surface area (Å²) in [6.45, 7) is 2.80. The summed E-state index contributed by atoms with van der Waals surface area (Å²) < 4.78 is 11.1. The van der Waals surface area contributed by atoms with Crippen molar-refractivity contribution >= 4 is 35.3 Å². The molecular weight excluding hydrogens is 387 g/mol. The lowest BCUT2D eigenvalue weighted by molar-refractivity contribution is 0.0955. The van der Waals surface area contributed by atoms with Gasteiger partial charge in [-0.15, -0.1) is 0 Å². The van der Waals surface area contributed by atoms with Crippen LogP contribution in [0.25, 0.3) is 0 Å². The Kier molecular flexibility index (Phi) is 8.43. The van der Waals surface area contributed by atoms with Crippen LogP contribution in [0, 0.1) is 0 Å². The van der Waals surface area contributed by atoms with Gasteiger partial charge in [-0.25, -0.2) is 5.43 Å². The summed E-state index contributed by atoms with van der Waals surface area (Å²) in [5.74, 6) is 0.921. The highest BCUT2D eigenvalue weighted by molar-refractivity contribution is 6.42. The second-order valence-electron chi connectivity index (χ2n) is 5.79. The van der Waals surface area contributed by atoms with Crippen LogP contribution in [0.2, 0.25) is 10.0 Å². The number of methoxy groups -OCH3 is 1. The van der Waals surface area contributed by atoms with Crippen molar-refractivity contribution in [1.82, 2.24) is 5.43 Å². The van der Waals surface area contributed by atoms with Crippen LogP contribution in [0.3, 0.4) is 0 Å². The third kappa shape index (κ3) is 6.45. The Bertz CT molecular complexity index is 810. The van der Waals surface area contributed by atoms with Crippen molar-refractivity contribution in [2.24, 2.45) is 5.10 Å². The van der Waals surface area contributed by atoms with E-state index in [0.717, 1.165) is 24.8 Å². The van der Waals surface area contributed by atoms with Gasteiger partial charge in [0.2, 0.25) is 0 Å². The van der Waals surface area contributed by atoms with Gasteiger partial charge >= 0.3 is 0 Å². The lowest BCUT2D eigenvalue weighted by Crippen LogP contribution is -2.17. The first-order chi connectivity index (χ1) is 13.0. The van der Waals surface area contributed by atoms with Gasteiger partial charge in [0.1, 0.15) is 0 Å². The second kappa shape index (κ2) is 10.8. The number of hydrogen-bond acceptors (Lipinski definition) is 4. The average Bonchev–Trinajstić information content (AvgIpc) is 2.67. The summed E-state index contributed by atoms with van der Waals surface area (Å²) in [7, 11) is 1.58. The van der Waals surface area contributed by atoms with E-state index < -0.39 is 0 Å². The maximum atomic E-state index is 12.1. The van der Waals surface area contributed by atoms with E-state index in [0.29, 0.717) is 33.7 Å². The number of hydrogen-bond donors (Lipinski definition) is 1. The fraction of sp³-hybridized carbons (Fsp3) is 0.300. The molecule has 144 valence electrons. The van der Waals surface area contributed by atoms with Crippen molar-refractivity contribution in [3.05, 3.63) is 57.6 Å². The van der Waals surface area contributed by atoms with Crippen molar-refractivity contribution in [2.45, 2.75) is 26.2 Å².